The van der Waals surface area contributed by atoms with Crippen molar-refractivity contribution in [3.63, 3.8) is 0 Å². The van der Waals surface area contributed by atoms with Crippen molar-refractivity contribution in [2.45, 2.75) is 13.8 Å². The molecule has 0 aliphatic heterocycles. The van der Waals surface area contributed by atoms with E-state index in [1.807, 2.05) is 53.4 Å². The zero-order valence-electron chi connectivity index (χ0n) is 16.5. The molecule has 0 atom stereocenters. The molecule has 0 unspecified atom stereocenters. The number of nitrogens with zero attached hydrogens (tertiary/aromatic N) is 2. The van der Waals surface area contributed by atoms with Gasteiger partial charge in [0.25, 0.3) is 0 Å². The molecule has 8 heteroatoms. The number of anilines is 2. The Morgan fingerprint density at radius 2 is 1.33 bits per heavy atom. The summed E-state index contributed by atoms with van der Waals surface area (Å²) in [5, 5.41) is 9.09. The summed E-state index contributed by atoms with van der Waals surface area (Å²) in [5.41, 5.74) is 5.66. The summed E-state index contributed by atoms with van der Waals surface area (Å²) in [7, 11) is 0. The van der Waals surface area contributed by atoms with Gasteiger partial charge in [-0.3, -0.25) is 14.4 Å². The van der Waals surface area contributed by atoms with Gasteiger partial charge in [-0.1, -0.05) is 12.1 Å². The molecule has 0 radical (unpaired) electrons. The van der Waals surface area contributed by atoms with Crippen molar-refractivity contribution in [2.24, 2.45) is 5.10 Å². The number of carbonyl (C=O) groups excluding carboxylic acids is 3. The lowest BCUT2D eigenvalue weighted by Crippen LogP contribution is -2.32. The average Bonchev–Trinajstić information content (AvgIpc) is 3.28. The van der Waals surface area contributed by atoms with Crippen molar-refractivity contribution in [3.05, 3.63) is 78.6 Å². The van der Waals surface area contributed by atoms with Gasteiger partial charge in [-0.25, -0.2) is 5.43 Å². The van der Waals surface area contributed by atoms with Crippen LogP contribution in [0.3, 0.4) is 0 Å². The number of hydrogen-bond acceptors (Lipinski definition) is 4. The molecule has 0 aliphatic rings. The van der Waals surface area contributed by atoms with Gasteiger partial charge in [0.2, 0.25) is 5.91 Å². The van der Waals surface area contributed by atoms with Crippen LogP contribution in [0.5, 0.6) is 0 Å². The molecule has 0 fully saturated rings. The fourth-order valence-corrected chi connectivity index (χ4v) is 2.66. The van der Waals surface area contributed by atoms with Crippen LogP contribution in [0.2, 0.25) is 0 Å². The van der Waals surface area contributed by atoms with E-state index in [9.17, 15) is 14.4 Å². The van der Waals surface area contributed by atoms with Crippen molar-refractivity contribution < 1.29 is 14.4 Å². The first kappa shape index (κ1) is 20.5. The second-order valence-electron chi connectivity index (χ2n) is 6.49. The van der Waals surface area contributed by atoms with Crippen LogP contribution in [0, 0.1) is 0 Å². The molecule has 0 spiro atoms. The highest BCUT2D eigenvalue weighted by Gasteiger charge is 2.13. The van der Waals surface area contributed by atoms with E-state index in [1.165, 1.54) is 6.92 Å². The van der Waals surface area contributed by atoms with Gasteiger partial charge in [-0.2, -0.15) is 5.10 Å². The van der Waals surface area contributed by atoms with Crippen molar-refractivity contribution in [1.82, 2.24) is 9.99 Å². The standard InChI is InChI=1S/C22H21N5O3/c1-15(17-5-11-20(12-6-17)27-13-3-4-14-27)25-26-22(30)21(29)24-19-9-7-18(8-10-19)23-16(2)28/h3-14H,1-2H3,(H,23,28)(H,24,29)(H,26,30)/b25-15+. The first-order valence-electron chi connectivity index (χ1n) is 9.19. The topological polar surface area (TPSA) is 105 Å². The molecule has 0 aliphatic carbocycles. The molecule has 30 heavy (non-hydrogen) atoms. The molecule has 0 saturated carbocycles. The maximum Gasteiger partial charge on any atom is 0.329 e. The molecule has 152 valence electrons. The van der Waals surface area contributed by atoms with Gasteiger partial charge in [0, 0.05) is 36.4 Å². The monoisotopic (exact) mass is 403 g/mol. The first-order valence-corrected chi connectivity index (χ1v) is 9.19. The van der Waals surface area contributed by atoms with Crippen molar-refractivity contribution >= 4 is 34.8 Å². The number of rotatable bonds is 5. The molecular weight excluding hydrogens is 382 g/mol. The van der Waals surface area contributed by atoms with Crippen LogP contribution in [0.4, 0.5) is 11.4 Å². The van der Waals surface area contributed by atoms with E-state index >= 15 is 0 Å². The molecule has 0 bridgehead atoms. The Hall–Kier alpha value is -4.20. The summed E-state index contributed by atoms with van der Waals surface area (Å²) in [5.74, 6) is -1.93. The predicted molar refractivity (Wildman–Crippen MR) is 115 cm³/mol. The van der Waals surface area contributed by atoms with Crippen molar-refractivity contribution in [1.29, 1.82) is 0 Å². The Morgan fingerprint density at radius 3 is 1.90 bits per heavy atom. The fourth-order valence-electron chi connectivity index (χ4n) is 2.66. The lowest BCUT2D eigenvalue weighted by molar-refractivity contribution is -0.136. The summed E-state index contributed by atoms with van der Waals surface area (Å²) < 4.78 is 1.98. The number of hydrazone groups is 1. The molecule has 2 aromatic carbocycles. The minimum absolute atomic E-state index is 0.196. The van der Waals surface area contributed by atoms with Gasteiger partial charge < -0.3 is 15.2 Å². The lowest BCUT2D eigenvalue weighted by atomic mass is 10.1. The molecular formula is C22H21N5O3. The number of hydrogen-bond donors (Lipinski definition) is 3. The third kappa shape index (κ3) is 5.41. The van der Waals surface area contributed by atoms with Crippen LogP contribution in [0.25, 0.3) is 5.69 Å². The van der Waals surface area contributed by atoms with Crippen molar-refractivity contribution in [2.75, 3.05) is 10.6 Å². The number of aromatic nitrogens is 1. The van der Waals surface area contributed by atoms with E-state index in [0.717, 1.165) is 11.3 Å². The predicted octanol–water partition coefficient (Wildman–Crippen LogP) is 2.91. The average molecular weight is 403 g/mol. The van der Waals surface area contributed by atoms with Gasteiger partial charge >= 0.3 is 11.8 Å². The number of nitrogens with one attached hydrogen (secondary N) is 3. The van der Waals surface area contributed by atoms with E-state index in [0.29, 0.717) is 17.1 Å². The van der Waals surface area contributed by atoms with Gasteiger partial charge in [-0.05, 0) is 61.0 Å². The summed E-state index contributed by atoms with van der Waals surface area (Å²) in [4.78, 5) is 35.1. The normalized spacial score (nSPS) is 10.9. The van der Waals surface area contributed by atoms with Gasteiger partial charge in [0.05, 0.1) is 5.71 Å². The van der Waals surface area contributed by atoms with Gasteiger partial charge in [0.15, 0.2) is 0 Å². The van der Waals surface area contributed by atoms with Gasteiger partial charge in [-0.15, -0.1) is 0 Å². The Kier molecular flexibility index (Phi) is 6.39. The molecule has 3 rings (SSSR count). The maximum absolute atomic E-state index is 12.0. The highest BCUT2D eigenvalue weighted by molar-refractivity contribution is 6.39. The fraction of sp³-hybridized carbons (Fsp3) is 0.0909. The summed E-state index contributed by atoms with van der Waals surface area (Å²) >= 11 is 0. The zero-order chi connectivity index (χ0) is 21.5. The minimum Gasteiger partial charge on any atom is -0.326 e. The van der Waals surface area contributed by atoms with E-state index in [4.69, 9.17) is 0 Å². The van der Waals surface area contributed by atoms with Crippen LogP contribution in [-0.4, -0.2) is 28.0 Å². The van der Waals surface area contributed by atoms with E-state index in [2.05, 4.69) is 21.2 Å². The van der Waals surface area contributed by atoms with E-state index in [-0.39, 0.29) is 5.91 Å². The van der Waals surface area contributed by atoms with E-state index in [1.54, 1.807) is 31.2 Å². The van der Waals surface area contributed by atoms with Crippen LogP contribution in [-0.2, 0) is 14.4 Å². The molecule has 1 aromatic heterocycles. The van der Waals surface area contributed by atoms with Crippen molar-refractivity contribution in [3.8, 4) is 5.69 Å². The van der Waals surface area contributed by atoms with Gasteiger partial charge in [0.1, 0.15) is 0 Å². The molecule has 1 heterocycles. The second kappa shape index (κ2) is 9.33. The van der Waals surface area contributed by atoms with Crippen LogP contribution >= 0.6 is 0 Å². The Morgan fingerprint density at radius 1 is 0.767 bits per heavy atom. The Bertz CT molecular complexity index is 1070. The molecule has 0 saturated heterocycles. The molecule has 3 N–H and O–H groups in total. The molecule has 8 nitrogen and oxygen atoms in total. The summed E-state index contributed by atoms with van der Waals surface area (Å²) in [6.45, 7) is 3.14. The van der Waals surface area contributed by atoms with E-state index < -0.39 is 11.8 Å². The number of benzene rings is 2. The number of amides is 3. The number of carbonyl (C=O) groups is 3. The Labute approximate surface area is 173 Å². The Balaban J connectivity index is 1.56. The third-order valence-corrected chi connectivity index (χ3v) is 4.18. The summed E-state index contributed by atoms with van der Waals surface area (Å²) in [6, 6.07) is 17.9. The summed E-state index contributed by atoms with van der Waals surface area (Å²) in [6.07, 6.45) is 3.89. The SMILES string of the molecule is CC(=O)Nc1ccc(NC(=O)C(=O)N/N=C(\C)c2ccc(-n3cccc3)cc2)cc1. The minimum atomic E-state index is -0.885. The smallest absolute Gasteiger partial charge is 0.326 e. The second-order valence-corrected chi connectivity index (χ2v) is 6.49. The molecule has 3 aromatic rings. The van der Waals surface area contributed by atoms with Crippen LogP contribution in [0.1, 0.15) is 19.4 Å². The van der Waals surface area contributed by atoms with Crippen LogP contribution < -0.4 is 16.1 Å². The largest absolute Gasteiger partial charge is 0.329 e. The first-order chi connectivity index (χ1) is 14.4. The zero-order valence-corrected chi connectivity index (χ0v) is 16.5. The quantitative estimate of drug-likeness (QED) is 0.347. The maximum atomic E-state index is 12.0. The highest BCUT2D eigenvalue weighted by Crippen LogP contribution is 2.13. The highest BCUT2D eigenvalue weighted by atomic mass is 16.2. The molecule has 3 amide bonds. The lowest BCUT2D eigenvalue weighted by Gasteiger charge is -2.07. The van der Waals surface area contributed by atoms with Crippen LogP contribution in [0.15, 0.2) is 78.2 Å². The third-order valence-electron chi connectivity index (χ3n) is 4.18.